The van der Waals surface area contributed by atoms with E-state index in [9.17, 15) is 19.0 Å². The number of quaternary nitrogens is 1. The highest BCUT2D eigenvalue weighted by molar-refractivity contribution is 7.47. The summed E-state index contributed by atoms with van der Waals surface area (Å²) < 4.78 is 34.7. The van der Waals surface area contributed by atoms with E-state index < -0.39 is 26.5 Å². The van der Waals surface area contributed by atoms with Crippen molar-refractivity contribution in [2.75, 3.05) is 47.5 Å². The number of phosphoric ester groups is 1. The van der Waals surface area contributed by atoms with Gasteiger partial charge in [-0.3, -0.25) is 18.6 Å². The van der Waals surface area contributed by atoms with Gasteiger partial charge < -0.3 is 18.9 Å². The van der Waals surface area contributed by atoms with E-state index in [0.717, 1.165) is 64.2 Å². The van der Waals surface area contributed by atoms with E-state index in [4.69, 9.17) is 18.5 Å². The molecule has 0 radical (unpaired) electrons. The SMILES string of the molecule is CC/C=C\C/C=C\C/C=C\C/C=C\CCCCCCCCCCCCCCCCCCCCCCCCC(=O)OC(COC(=O)CCCCCCCCCCCCCCC/C=C\C/C=C\CCCCCCC)COP(=O)(O)OCC[N+](C)(C)C. The maximum atomic E-state index is 12.9. The van der Waals surface area contributed by atoms with Crippen LogP contribution in [0.15, 0.2) is 72.9 Å². The first-order chi connectivity index (χ1) is 41.0. The van der Waals surface area contributed by atoms with Crippen LogP contribution in [0.1, 0.15) is 335 Å². The number of rotatable bonds is 66. The van der Waals surface area contributed by atoms with Gasteiger partial charge >= 0.3 is 19.8 Å². The van der Waals surface area contributed by atoms with Gasteiger partial charge in [0.2, 0.25) is 0 Å². The molecule has 0 aliphatic carbocycles. The molecular formula is C74H137NO8P+. The van der Waals surface area contributed by atoms with Gasteiger partial charge in [0, 0.05) is 12.8 Å². The van der Waals surface area contributed by atoms with Crippen molar-refractivity contribution in [3.05, 3.63) is 72.9 Å². The van der Waals surface area contributed by atoms with Crippen LogP contribution in [0.25, 0.3) is 0 Å². The predicted octanol–water partition coefficient (Wildman–Crippen LogP) is 23.2. The first-order valence-electron chi connectivity index (χ1n) is 35.7. The molecule has 0 aliphatic heterocycles. The first-order valence-corrected chi connectivity index (χ1v) is 37.2. The van der Waals surface area contributed by atoms with E-state index in [1.54, 1.807) is 0 Å². The number of phosphoric acid groups is 1. The molecule has 0 saturated carbocycles. The monoisotopic (exact) mass is 1200 g/mol. The number of likely N-dealkylation sites (N-methyl/N-ethyl adjacent to an activating group) is 1. The summed E-state index contributed by atoms with van der Waals surface area (Å²) in [5.74, 6) is -0.783. The Morgan fingerprint density at radius 3 is 1.01 bits per heavy atom. The van der Waals surface area contributed by atoms with Crippen LogP contribution in [0.3, 0.4) is 0 Å². The number of nitrogens with zero attached hydrogens (tertiary/aromatic N) is 1. The Balaban J connectivity index is 3.98. The molecule has 0 amide bonds. The summed E-state index contributed by atoms with van der Waals surface area (Å²) in [5.41, 5.74) is 0. The molecule has 0 heterocycles. The van der Waals surface area contributed by atoms with Crippen molar-refractivity contribution in [3.63, 3.8) is 0 Å². The molecule has 1 N–H and O–H groups in total. The molecular weight excluding hydrogens is 1060 g/mol. The molecule has 0 bridgehead atoms. The van der Waals surface area contributed by atoms with Crippen molar-refractivity contribution >= 4 is 19.8 Å². The van der Waals surface area contributed by atoms with Crippen molar-refractivity contribution < 1.29 is 42.1 Å². The van der Waals surface area contributed by atoms with Gasteiger partial charge in [0.25, 0.3) is 0 Å². The topological polar surface area (TPSA) is 108 Å². The Kier molecular flexibility index (Phi) is 62.9. The summed E-state index contributed by atoms with van der Waals surface area (Å²) in [4.78, 5) is 35.9. The average molecular weight is 1200 g/mol. The van der Waals surface area contributed by atoms with Crippen LogP contribution in [-0.2, 0) is 32.7 Å². The third-order valence-corrected chi connectivity index (χ3v) is 16.7. The van der Waals surface area contributed by atoms with Crippen LogP contribution in [0, 0.1) is 0 Å². The lowest BCUT2D eigenvalue weighted by Crippen LogP contribution is -2.37. The Morgan fingerprint density at radius 1 is 0.381 bits per heavy atom. The maximum Gasteiger partial charge on any atom is 0.472 e. The number of unbranched alkanes of at least 4 members (excludes halogenated alkanes) is 40. The normalized spacial score (nSPS) is 13.5. The lowest BCUT2D eigenvalue weighted by molar-refractivity contribution is -0.870. The van der Waals surface area contributed by atoms with Gasteiger partial charge in [-0.25, -0.2) is 4.57 Å². The smallest absolute Gasteiger partial charge is 0.462 e. The largest absolute Gasteiger partial charge is 0.472 e. The van der Waals surface area contributed by atoms with Gasteiger partial charge in [0.05, 0.1) is 27.7 Å². The summed E-state index contributed by atoms with van der Waals surface area (Å²) in [6.45, 7) is 4.36. The molecule has 0 spiro atoms. The van der Waals surface area contributed by atoms with E-state index in [2.05, 4.69) is 86.8 Å². The first kappa shape index (κ1) is 81.5. The molecule has 490 valence electrons. The molecule has 2 unspecified atom stereocenters. The van der Waals surface area contributed by atoms with Crippen molar-refractivity contribution in [2.45, 2.75) is 341 Å². The zero-order chi connectivity index (χ0) is 61.2. The second-order valence-electron chi connectivity index (χ2n) is 25.2. The van der Waals surface area contributed by atoms with Crippen LogP contribution in [-0.4, -0.2) is 74.9 Å². The number of ether oxygens (including phenoxy) is 2. The average Bonchev–Trinajstić information content (AvgIpc) is 3.61. The molecule has 0 aromatic heterocycles. The van der Waals surface area contributed by atoms with Gasteiger partial charge in [0.15, 0.2) is 6.10 Å². The van der Waals surface area contributed by atoms with E-state index in [1.165, 1.54) is 238 Å². The molecule has 0 aliphatic rings. The minimum Gasteiger partial charge on any atom is -0.462 e. The fraction of sp³-hybridized carbons (Fsp3) is 0.811. The minimum atomic E-state index is -4.39. The van der Waals surface area contributed by atoms with E-state index >= 15 is 0 Å². The van der Waals surface area contributed by atoms with Crippen molar-refractivity contribution in [1.82, 2.24) is 0 Å². The van der Waals surface area contributed by atoms with Crippen molar-refractivity contribution in [3.8, 4) is 0 Å². The molecule has 0 aromatic rings. The zero-order valence-corrected chi connectivity index (χ0v) is 56.8. The van der Waals surface area contributed by atoms with E-state index in [0.29, 0.717) is 17.4 Å². The Bertz CT molecular complexity index is 1650. The van der Waals surface area contributed by atoms with Gasteiger partial charge in [-0.15, -0.1) is 0 Å². The highest BCUT2D eigenvalue weighted by Gasteiger charge is 2.27. The maximum absolute atomic E-state index is 12.9. The van der Waals surface area contributed by atoms with Gasteiger partial charge in [-0.2, -0.15) is 0 Å². The Hall–Kier alpha value is -2.55. The van der Waals surface area contributed by atoms with Gasteiger partial charge in [-0.05, 0) is 83.5 Å². The number of hydrogen-bond acceptors (Lipinski definition) is 7. The second-order valence-corrected chi connectivity index (χ2v) is 26.7. The van der Waals surface area contributed by atoms with Crippen LogP contribution < -0.4 is 0 Å². The Morgan fingerprint density at radius 2 is 0.679 bits per heavy atom. The van der Waals surface area contributed by atoms with Crippen LogP contribution in [0.2, 0.25) is 0 Å². The Labute approximate surface area is 520 Å². The number of carbonyl (C=O) groups excluding carboxylic acids is 2. The van der Waals surface area contributed by atoms with Gasteiger partial charge in [-0.1, -0.05) is 311 Å². The van der Waals surface area contributed by atoms with Crippen LogP contribution in [0.5, 0.6) is 0 Å². The lowest BCUT2D eigenvalue weighted by atomic mass is 10.0. The molecule has 0 fully saturated rings. The standard InChI is InChI=1S/C74H136NO8P/c1-6-8-10-12-14-16-18-20-22-24-26-28-30-32-33-34-35-36-37-38-39-40-41-43-45-47-49-51-53-55-57-59-61-63-65-67-74(77)83-72(71-82-84(78,79)81-69-68-75(3,4)5)70-80-73(76)66-64-62-60-58-56-54-52-50-48-46-44-42-31-29-27-25-23-21-19-17-15-13-11-9-7-2/h8,10,14,16,19-22,25-28,72H,6-7,9,11-13,15,17-18,23-24,29-71H2,1-5H3/p+1/b10-8-,16-14-,21-19-,22-20-,27-25-,28-26-. The zero-order valence-electron chi connectivity index (χ0n) is 55.9. The number of esters is 2. The molecule has 0 aromatic carbocycles. The summed E-state index contributed by atoms with van der Waals surface area (Å²) in [5, 5.41) is 0. The molecule has 0 saturated heterocycles. The number of hydrogen-bond donors (Lipinski definition) is 1. The number of carbonyl (C=O) groups is 2. The summed E-state index contributed by atoms with van der Waals surface area (Å²) in [6.07, 6.45) is 87.3. The molecule has 0 rings (SSSR count). The molecule has 9 nitrogen and oxygen atoms in total. The predicted molar refractivity (Wildman–Crippen MR) is 363 cm³/mol. The fourth-order valence-corrected chi connectivity index (χ4v) is 11.0. The van der Waals surface area contributed by atoms with Crippen LogP contribution in [0.4, 0.5) is 0 Å². The number of allylic oxidation sites excluding steroid dienone is 12. The molecule has 2 atom stereocenters. The molecule has 84 heavy (non-hydrogen) atoms. The second kappa shape index (κ2) is 64.9. The summed E-state index contributed by atoms with van der Waals surface area (Å²) in [7, 11) is 1.49. The summed E-state index contributed by atoms with van der Waals surface area (Å²) in [6, 6.07) is 0. The highest BCUT2D eigenvalue weighted by Crippen LogP contribution is 2.43. The van der Waals surface area contributed by atoms with Crippen molar-refractivity contribution in [1.29, 1.82) is 0 Å². The third-order valence-electron chi connectivity index (χ3n) is 15.7. The third kappa shape index (κ3) is 68.6. The highest BCUT2D eigenvalue weighted by atomic mass is 31.2. The minimum absolute atomic E-state index is 0.0322. The summed E-state index contributed by atoms with van der Waals surface area (Å²) >= 11 is 0. The molecule has 10 heteroatoms. The lowest BCUT2D eigenvalue weighted by Gasteiger charge is -2.24. The van der Waals surface area contributed by atoms with Gasteiger partial charge in [0.1, 0.15) is 19.8 Å². The van der Waals surface area contributed by atoms with Crippen molar-refractivity contribution in [2.24, 2.45) is 0 Å². The van der Waals surface area contributed by atoms with E-state index in [-0.39, 0.29) is 32.0 Å². The fourth-order valence-electron chi connectivity index (χ4n) is 10.3. The quantitative estimate of drug-likeness (QED) is 0.0211. The van der Waals surface area contributed by atoms with E-state index in [1.807, 2.05) is 21.1 Å². The van der Waals surface area contributed by atoms with Crippen LogP contribution >= 0.6 is 7.82 Å².